The molecular weight excluding hydrogens is 260 g/mol. The highest BCUT2D eigenvalue weighted by molar-refractivity contribution is 7.04. The lowest BCUT2D eigenvalue weighted by molar-refractivity contribution is 0.102. The smallest absolute Gasteiger partial charge is 0.255 e. The van der Waals surface area contributed by atoms with Crippen LogP contribution in [0.5, 0.6) is 0 Å². The van der Waals surface area contributed by atoms with Gasteiger partial charge >= 0.3 is 0 Å². The van der Waals surface area contributed by atoms with E-state index in [9.17, 15) is 4.79 Å². The van der Waals surface area contributed by atoms with Crippen LogP contribution in [-0.4, -0.2) is 21.3 Å². The zero-order valence-electron chi connectivity index (χ0n) is 10.3. The fourth-order valence-electron chi connectivity index (χ4n) is 1.88. The predicted molar refractivity (Wildman–Crippen MR) is 75.6 cm³/mol. The van der Waals surface area contributed by atoms with Gasteiger partial charge in [0, 0.05) is 23.2 Å². The molecule has 0 bridgehead atoms. The maximum Gasteiger partial charge on any atom is 0.255 e. The minimum atomic E-state index is -0.140. The molecule has 98 valence electrons. The first-order valence-electron chi connectivity index (χ1n) is 6.24. The van der Waals surface area contributed by atoms with Crippen LogP contribution in [-0.2, 0) is 0 Å². The number of anilines is 2. The van der Waals surface area contributed by atoms with Gasteiger partial charge in [0.2, 0.25) is 0 Å². The summed E-state index contributed by atoms with van der Waals surface area (Å²) in [5.74, 6) is 0.625. The van der Waals surface area contributed by atoms with E-state index in [1.54, 1.807) is 29.9 Å². The van der Waals surface area contributed by atoms with Gasteiger partial charge in [0.15, 0.2) is 0 Å². The molecule has 1 saturated carbocycles. The number of carbonyl (C=O) groups excluding carboxylic acids is 1. The molecule has 0 spiro atoms. The molecular formula is C13H14N4OS. The second-order valence-electron chi connectivity index (χ2n) is 4.57. The molecule has 1 fully saturated rings. The van der Waals surface area contributed by atoms with Crippen LogP contribution in [0.25, 0.3) is 0 Å². The van der Waals surface area contributed by atoms with Crippen LogP contribution in [0, 0.1) is 0 Å². The van der Waals surface area contributed by atoms with Gasteiger partial charge in [0.1, 0.15) is 5.82 Å². The summed E-state index contributed by atoms with van der Waals surface area (Å²) in [6, 6.07) is 4.00. The molecule has 0 aliphatic heterocycles. The number of amides is 1. The van der Waals surface area contributed by atoms with E-state index >= 15 is 0 Å². The van der Waals surface area contributed by atoms with Gasteiger partial charge in [-0.3, -0.25) is 4.79 Å². The molecule has 5 nitrogen and oxygen atoms in total. The van der Waals surface area contributed by atoms with Gasteiger partial charge in [0.25, 0.3) is 5.91 Å². The maximum atomic E-state index is 12.0. The fraction of sp³-hybridized carbons (Fsp3) is 0.308. The van der Waals surface area contributed by atoms with Crippen molar-refractivity contribution in [2.24, 2.45) is 0 Å². The molecule has 2 N–H and O–H groups in total. The van der Waals surface area contributed by atoms with Crippen molar-refractivity contribution in [2.75, 3.05) is 10.6 Å². The van der Waals surface area contributed by atoms with Crippen LogP contribution in [0.2, 0.25) is 0 Å². The normalized spacial score (nSPS) is 14.7. The highest BCUT2D eigenvalue weighted by Crippen LogP contribution is 2.22. The molecule has 2 heterocycles. The Morgan fingerprint density at radius 1 is 1.42 bits per heavy atom. The van der Waals surface area contributed by atoms with Crippen LogP contribution in [0.1, 0.15) is 29.6 Å². The molecule has 0 unspecified atom stereocenters. The molecule has 0 atom stereocenters. The van der Waals surface area contributed by atoms with Gasteiger partial charge in [0.05, 0.1) is 11.9 Å². The third-order valence-corrected chi connectivity index (χ3v) is 3.76. The molecule has 6 heteroatoms. The second-order valence-corrected chi connectivity index (χ2v) is 5.23. The summed E-state index contributed by atoms with van der Waals surface area (Å²) in [7, 11) is 0. The summed E-state index contributed by atoms with van der Waals surface area (Å²) in [5, 5.41) is 7.93. The third kappa shape index (κ3) is 2.90. The standard InChI is InChI=1S/C13H14N4OS/c18-13(17-11-7-15-19-8-11)9-4-5-14-12(6-9)16-10-2-1-3-10/h4-8,10H,1-3H2,(H,14,16)(H,17,18). The summed E-state index contributed by atoms with van der Waals surface area (Å²) < 4.78 is 3.95. The van der Waals surface area contributed by atoms with E-state index in [2.05, 4.69) is 20.0 Å². The minimum Gasteiger partial charge on any atom is -0.367 e. The average molecular weight is 274 g/mol. The Labute approximate surface area is 115 Å². The molecule has 0 radical (unpaired) electrons. The first kappa shape index (κ1) is 12.1. The molecule has 0 saturated heterocycles. The minimum absolute atomic E-state index is 0.140. The van der Waals surface area contributed by atoms with Gasteiger partial charge in [-0.25, -0.2) is 4.98 Å². The Balaban J connectivity index is 1.69. The largest absolute Gasteiger partial charge is 0.367 e. The van der Waals surface area contributed by atoms with E-state index in [0.29, 0.717) is 11.6 Å². The van der Waals surface area contributed by atoms with E-state index in [4.69, 9.17) is 0 Å². The van der Waals surface area contributed by atoms with Crippen molar-refractivity contribution in [2.45, 2.75) is 25.3 Å². The van der Waals surface area contributed by atoms with Crippen LogP contribution in [0.15, 0.2) is 29.9 Å². The summed E-state index contributed by atoms with van der Waals surface area (Å²) in [5.41, 5.74) is 1.32. The van der Waals surface area contributed by atoms with Crippen molar-refractivity contribution in [3.63, 3.8) is 0 Å². The van der Waals surface area contributed by atoms with Crippen molar-refractivity contribution in [3.8, 4) is 0 Å². The lowest BCUT2D eigenvalue weighted by atomic mass is 9.93. The van der Waals surface area contributed by atoms with Gasteiger partial charge in [-0.05, 0) is 42.9 Å². The van der Waals surface area contributed by atoms with Crippen LogP contribution >= 0.6 is 11.5 Å². The molecule has 2 aromatic rings. The molecule has 1 aliphatic carbocycles. The molecule has 2 aromatic heterocycles. The van der Waals surface area contributed by atoms with Crippen LogP contribution in [0.3, 0.4) is 0 Å². The Morgan fingerprint density at radius 3 is 3.00 bits per heavy atom. The van der Waals surface area contributed by atoms with E-state index in [0.717, 1.165) is 11.5 Å². The zero-order valence-corrected chi connectivity index (χ0v) is 11.1. The number of hydrogen-bond acceptors (Lipinski definition) is 5. The monoisotopic (exact) mass is 274 g/mol. The Bertz CT molecular complexity index is 566. The maximum absolute atomic E-state index is 12.0. The highest BCUT2D eigenvalue weighted by atomic mass is 32.1. The fourth-order valence-corrected chi connectivity index (χ4v) is 2.35. The lowest BCUT2D eigenvalue weighted by Gasteiger charge is -2.26. The number of nitrogens with zero attached hydrogens (tertiary/aromatic N) is 2. The number of carbonyl (C=O) groups is 1. The summed E-state index contributed by atoms with van der Waals surface area (Å²) in [6.07, 6.45) is 6.92. The number of nitrogens with one attached hydrogen (secondary N) is 2. The Morgan fingerprint density at radius 2 is 2.32 bits per heavy atom. The first-order chi connectivity index (χ1) is 9.31. The topological polar surface area (TPSA) is 66.9 Å². The highest BCUT2D eigenvalue weighted by Gasteiger charge is 2.17. The van der Waals surface area contributed by atoms with Gasteiger partial charge in [-0.2, -0.15) is 4.37 Å². The van der Waals surface area contributed by atoms with Gasteiger partial charge in [-0.15, -0.1) is 0 Å². The summed E-state index contributed by atoms with van der Waals surface area (Å²) in [4.78, 5) is 16.3. The van der Waals surface area contributed by atoms with Crippen molar-refractivity contribution in [1.29, 1.82) is 0 Å². The number of aromatic nitrogens is 2. The van der Waals surface area contributed by atoms with Crippen molar-refractivity contribution >= 4 is 28.9 Å². The first-order valence-corrected chi connectivity index (χ1v) is 7.08. The number of pyridine rings is 1. The number of rotatable bonds is 4. The van der Waals surface area contributed by atoms with Crippen LogP contribution < -0.4 is 10.6 Å². The third-order valence-electron chi connectivity index (χ3n) is 3.17. The second kappa shape index (κ2) is 5.36. The van der Waals surface area contributed by atoms with Gasteiger partial charge < -0.3 is 10.6 Å². The summed E-state index contributed by atoms with van der Waals surface area (Å²) >= 11 is 1.31. The van der Waals surface area contributed by atoms with E-state index in [1.807, 2.05) is 0 Å². The Kier molecular flexibility index (Phi) is 3.41. The Hall–Kier alpha value is -1.95. The van der Waals surface area contributed by atoms with Crippen molar-refractivity contribution in [3.05, 3.63) is 35.5 Å². The van der Waals surface area contributed by atoms with E-state index in [-0.39, 0.29) is 5.91 Å². The SMILES string of the molecule is O=C(Nc1cnsc1)c1ccnc(NC2CCC2)c1. The van der Waals surface area contributed by atoms with Crippen molar-refractivity contribution in [1.82, 2.24) is 9.36 Å². The van der Waals surface area contributed by atoms with Crippen LogP contribution in [0.4, 0.5) is 11.5 Å². The lowest BCUT2D eigenvalue weighted by Crippen LogP contribution is -2.27. The molecule has 19 heavy (non-hydrogen) atoms. The molecule has 1 amide bonds. The molecule has 1 aliphatic rings. The van der Waals surface area contributed by atoms with Crippen molar-refractivity contribution < 1.29 is 4.79 Å². The van der Waals surface area contributed by atoms with Gasteiger partial charge in [-0.1, -0.05) is 0 Å². The molecule has 3 rings (SSSR count). The predicted octanol–water partition coefficient (Wildman–Crippen LogP) is 2.75. The van der Waals surface area contributed by atoms with E-state index in [1.165, 1.54) is 30.8 Å². The number of hydrogen-bond donors (Lipinski definition) is 2. The quantitative estimate of drug-likeness (QED) is 0.899. The average Bonchev–Trinajstić information content (AvgIpc) is 2.87. The molecule has 0 aromatic carbocycles. The van der Waals surface area contributed by atoms with E-state index < -0.39 is 0 Å². The summed E-state index contributed by atoms with van der Waals surface area (Å²) in [6.45, 7) is 0. The zero-order chi connectivity index (χ0) is 13.1.